The highest BCUT2D eigenvalue weighted by molar-refractivity contribution is 9.10. The minimum absolute atomic E-state index is 0.152. The normalized spacial score (nSPS) is 18.9. The molecule has 1 aromatic rings. The number of carbonyl (C=O) groups is 1. The van der Waals surface area contributed by atoms with Crippen LogP contribution in [0.25, 0.3) is 0 Å². The van der Waals surface area contributed by atoms with Crippen molar-refractivity contribution < 1.29 is 14.6 Å². The Hall–Kier alpha value is -1.30. The third-order valence-electron chi connectivity index (χ3n) is 2.51. The molecular formula is C10H11BrN2O3. The van der Waals surface area contributed by atoms with Crippen molar-refractivity contribution in [2.24, 2.45) is 0 Å². The van der Waals surface area contributed by atoms with Crippen molar-refractivity contribution in [3.8, 4) is 5.88 Å². The second kappa shape index (κ2) is 4.29. The maximum atomic E-state index is 11.2. The van der Waals surface area contributed by atoms with E-state index in [9.17, 15) is 9.90 Å². The molecule has 1 amide bonds. The summed E-state index contributed by atoms with van der Waals surface area (Å²) < 4.78 is 6.16. The van der Waals surface area contributed by atoms with Crippen LogP contribution in [0, 0.1) is 0 Å². The van der Waals surface area contributed by atoms with Crippen molar-refractivity contribution >= 4 is 27.7 Å². The fourth-order valence-corrected chi connectivity index (χ4v) is 2.03. The van der Waals surface area contributed by atoms with E-state index < -0.39 is 6.09 Å². The molecule has 1 aliphatic rings. The number of amides is 1. The van der Waals surface area contributed by atoms with Crippen molar-refractivity contribution in [3.05, 3.63) is 16.7 Å². The van der Waals surface area contributed by atoms with Crippen LogP contribution in [0.2, 0.25) is 0 Å². The van der Waals surface area contributed by atoms with Gasteiger partial charge in [-0.25, -0.2) is 9.78 Å². The summed E-state index contributed by atoms with van der Waals surface area (Å²) >= 11 is 3.27. The maximum Gasteiger partial charge on any atom is 0.412 e. The van der Waals surface area contributed by atoms with Crippen molar-refractivity contribution in [2.75, 3.05) is 11.5 Å². The monoisotopic (exact) mass is 286 g/mol. The summed E-state index contributed by atoms with van der Waals surface area (Å²) in [4.78, 5) is 16.6. The van der Waals surface area contributed by atoms with E-state index in [0.29, 0.717) is 24.6 Å². The van der Waals surface area contributed by atoms with Crippen LogP contribution < -0.4 is 9.64 Å². The number of carboxylic acid groups (broad SMARTS) is 1. The lowest BCUT2D eigenvalue weighted by molar-refractivity contribution is 0.185. The summed E-state index contributed by atoms with van der Waals surface area (Å²) in [6, 6.07) is 1.55. The largest absolute Gasteiger partial charge is 0.474 e. The Labute approximate surface area is 101 Å². The minimum atomic E-state index is -0.976. The number of halogens is 1. The van der Waals surface area contributed by atoms with Gasteiger partial charge in [-0.1, -0.05) is 6.92 Å². The van der Waals surface area contributed by atoms with Crippen LogP contribution in [0.15, 0.2) is 16.7 Å². The maximum absolute atomic E-state index is 11.2. The van der Waals surface area contributed by atoms with Crippen LogP contribution in [-0.4, -0.2) is 28.8 Å². The third-order valence-corrected chi connectivity index (χ3v) is 2.95. The van der Waals surface area contributed by atoms with Gasteiger partial charge < -0.3 is 9.84 Å². The molecular weight excluding hydrogens is 276 g/mol. The summed E-state index contributed by atoms with van der Waals surface area (Å²) in [5.41, 5.74) is 0.500. The number of hydrogen-bond donors (Lipinski definition) is 1. The van der Waals surface area contributed by atoms with Gasteiger partial charge in [-0.15, -0.1) is 0 Å². The average Bonchev–Trinajstić information content (AvgIpc) is 2.26. The number of aromatic nitrogens is 1. The number of nitrogens with zero attached hydrogens (tertiary/aromatic N) is 2. The molecule has 1 atom stereocenters. The Balaban J connectivity index is 2.47. The van der Waals surface area contributed by atoms with Gasteiger partial charge in [0.15, 0.2) is 0 Å². The summed E-state index contributed by atoms with van der Waals surface area (Å²) in [5, 5.41) is 9.20. The zero-order chi connectivity index (χ0) is 11.7. The molecule has 0 saturated carbocycles. The zero-order valence-corrected chi connectivity index (χ0v) is 10.3. The Kier molecular flexibility index (Phi) is 3.00. The molecule has 0 aliphatic carbocycles. The smallest absolute Gasteiger partial charge is 0.412 e. The number of anilines is 1. The number of rotatable bonds is 1. The Bertz CT molecular complexity index is 425. The topological polar surface area (TPSA) is 62.7 Å². The van der Waals surface area contributed by atoms with Gasteiger partial charge in [0, 0.05) is 10.7 Å². The highest BCUT2D eigenvalue weighted by Gasteiger charge is 2.32. The van der Waals surface area contributed by atoms with Gasteiger partial charge in [-0.2, -0.15) is 0 Å². The second-order valence-corrected chi connectivity index (χ2v) is 4.42. The number of pyridine rings is 1. The van der Waals surface area contributed by atoms with Gasteiger partial charge in [0.05, 0.1) is 6.04 Å². The van der Waals surface area contributed by atoms with Gasteiger partial charge in [0.25, 0.3) is 0 Å². The molecule has 16 heavy (non-hydrogen) atoms. The fourth-order valence-electron chi connectivity index (χ4n) is 1.71. The molecule has 1 aromatic heterocycles. The van der Waals surface area contributed by atoms with Gasteiger partial charge in [-0.05, 0) is 28.4 Å². The van der Waals surface area contributed by atoms with Crippen molar-refractivity contribution in [1.82, 2.24) is 4.98 Å². The van der Waals surface area contributed by atoms with Crippen LogP contribution in [-0.2, 0) is 0 Å². The summed E-state index contributed by atoms with van der Waals surface area (Å²) in [6.07, 6.45) is 1.32. The zero-order valence-electron chi connectivity index (χ0n) is 8.68. The molecule has 5 nitrogen and oxygen atoms in total. The number of fused-ring (bicyclic) bond motifs is 1. The lowest BCUT2D eigenvalue weighted by atomic mass is 10.1. The predicted octanol–water partition coefficient (Wildman–Crippen LogP) is 2.50. The molecule has 0 spiro atoms. The molecule has 0 bridgehead atoms. The first-order valence-corrected chi connectivity index (χ1v) is 5.73. The first-order valence-electron chi connectivity index (χ1n) is 4.94. The lowest BCUT2D eigenvalue weighted by Crippen LogP contribution is -2.46. The van der Waals surface area contributed by atoms with E-state index in [1.165, 1.54) is 4.90 Å². The van der Waals surface area contributed by atoms with Crippen LogP contribution in [0.3, 0.4) is 0 Å². The van der Waals surface area contributed by atoms with Gasteiger partial charge in [-0.3, -0.25) is 4.90 Å². The van der Waals surface area contributed by atoms with E-state index in [4.69, 9.17) is 4.74 Å². The van der Waals surface area contributed by atoms with Crippen LogP contribution >= 0.6 is 15.9 Å². The first-order chi connectivity index (χ1) is 7.63. The Morgan fingerprint density at radius 2 is 2.56 bits per heavy atom. The molecule has 0 fully saturated rings. The van der Waals surface area contributed by atoms with E-state index in [1.807, 2.05) is 6.92 Å². The van der Waals surface area contributed by atoms with E-state index >= 15 is 0 Å². The molecule has 2 rings (SSSR count). The molecule has 0 unspecified atom stereocenters. The van der Waals surface area contributed by atoms with E-state index in [2.05, 4.69) is 20.9 Å². The highest BCUT2D eigenvalue weighted by Crippen LogP contribution is 2.34. The summed E-state index contributed by atoms with van der Waals surface area (Å²) in [7, 11) is 0. The minimum Gasteiger partial charge on any atom is -0.474 e. The standard InChI is InChI=1S/C10H11BrN2O3/c1-2-7-5-16-9-8(13(7)10(14)15)3-6(11)4-12-9/h3-4,7H,2,5H2,1H3,(H,14,15)/t7-/m0/s1. The van der Waals surface area contributed by atoms with E-state index in [1.54, 1.807) is 12.3 Å². The quantitative estimate of drug-likeness (QED) is 0.862. The molecule has 2 heterocycles. The molecule has 1 N–H and O–H groups in total. The average molecular weight is 287 g/mol. The molecule has 0 radical (unpaired) electrons. The summed E-state index contributed by atoms with van der Waals surface area (Å²) in [5.74, 6) is 0.371. The SMILES string of the molecule is CC[C@H]1COc2ncc(Br)cc2N1C(=O)O. The van der Waals surface area contributed by atoms with Crippen molar-refractivity contribution in [3.63, 3.8) is 0 Å². The first kappa shape index (κ1) is 11.2. The third kappa shape index (κ3) is 1.84. The number of hydrogen-bond acceptors (Lipinski definition) is 3. The molecule has 1 aliphatic heterocycles. The van der Waals surface area contributed by atoms with E-state index in [-0.39, 0.29) is 6.04 Å². The molecule has 6 heteroatoms. The highest BCUT2D eigenvalue weighted by atomic mass is 79.9. The number of ether oxygens (including phenoxy) is 1. The lowest BCUT2D eigenvalue weighted by Gasteiger charge is -2.33. The van der Waals surface area contributed by atoms with E-state index in [0.717, 1.165) is 4.47 Å². The summed E-state index contributed by atoms with van der Waals surface area (Å²) in [6.45, 7) is 2.28. The van der Waals surface area contributed by atoms with Crippen LogP contribution in [0.5, 0.6) is 5.88 Å². The fraction of sp³-hybridized carbons (Fsp3) is 0.400. The van der Waals surface area contributed by atoms with Gasteiger partial charge in [0.2, 0.25) is 5.88 Å². The van der Waals surface area contributed by atoms with Gasteiger partial charge >= 0.3 is 6.09 Å². The van der Waals surface area contributed by atoms with Gasteiger partial charge in [0.1, 0.15) is 12.3 Å². The predicted molar refractivity (Wildman–Crippen MR) is 62.0 cm³/mol. The van der Waals surface area contributed by atoms with Crippen molar-refractivity contribution in [2.45, 2.75) is 19.4 Å². The second-order valence-electron chi connectivity index (χ2n) is 3.50. The Morgan fingerprint density at radius 1 is 1.81 bits per heavy atom. The molecule has 0 aromatic carbocycles. The van der Waals surface area contributed by atoms with Crippen molar-refractivity contribution in [1.29, 1.82) is 0 Å². The van der Waals surface area contributed by atoms with Crippen LogP contribution in [0.4, 0.5) is 10.5 Å². The molecule has 86 valence electrons. The molecule has 0 saturated heterocycles. The van der Waals surface area contributed by atoms with Crippen LogP contribution in [0.1, 0.15) is 13.3 Å². The Morgan fingerprint density at radius 3 is 3.19 bits per heavy atom.